The molecule has 0 unspecified atom stereocenters. The van der Waals surface area contributed by atoms with Gasteiger partial charge in [-0.15, -0.1) is 0 Å². The smallest absolute Gasteiger partial charge is 0.238 e. The molecule has 14 rings (SSSR count). The molecule has 0 aliphatic heterocycles. The van der Waals surface area contributed by atoms with Crippen molar-refractivity contribution in [3.05, 3.63) is 243 Å². The predicted octanol–water partition coefficient (Wildman–Crippen LogP) is 15.8. The Bertz CT molecular complexity index is 4210. The minimum atomic E-state index is 0.550. The quantitative estimate of drug-likeness (QED) is 0.160. The number of rotatable bonds is 7. The summed E-state index contributed by atoms with van der Waals surface area (Å²) in [5, 5.41) is 6.88. The second-order valence-electron chi connectivity index (χ2n) is 17.6. The number of hydrogen-bond donors (Lipinski definition) is 0. The summed E-state index contributed by atoms with van der Waals surface area (Å²) in [6, 6.07) is 86.5. The highest BCUT2D eigenvalue weighted by Gasteiger charge is 2.26. The molecular formula is C63H40N6. The minimum Gasteiger partial charge on any atom is -0.307 e. The number of fused-ring (bicyclic) bond motifs is 10. The summed E-state index contributed by atoms with van der Waals surface area (Å²) in [6.07, 6.45) is 0. The van der Waals surface area contributed by atoms with E-state index in [0.29, 0.717) is 17.6 Å². The Kier molecular flexibility index (Phi) is 8.79. The first kappa shape index (κ1) is 38.8. The van der Waals surface area contributed by atoms with Crippen LogP contribution in [0.25, 0.3) is 128 Å². The maximum Gasteiger partial charge on any atom is 0.238 e. The molecule has 6 heteroatoms. The van der Waals surface area contributed by atoms with Gasteiger partial charge in [-0.1, -0.05) is 200 Å². The number of nitrogens with zero attached hydrogens (tertiary/aromatic N) is 6. The molecule has 322 valence electrons. The Morgan fingerprint density at radius 2 is 0.652 bits per heavy atom. The van der Waals surface area contributed by atoms with E-state index in [0.717, 1.165) is 88.3 Å². The van der Waals surface area contributed by atoms with Crippen LogP contribution in [0.4, 0.5) is 0 Å². The summed E-state index contributed by atoms with van der Waals surface area (Å²) in [4.78, 5) is 15.9. The highest BCUT2D eigenvalue weighted by atomic mass is 15.2. The van der Waals surface area contributed by atoms with Gasteiger partial charge >= 0.3 is 0 Å². The first-order valence-electron chi connectivity index (χ1n) is 23.4. The molecule has 0 spiro atoms. The van der Waals surface area contributed by atoms with Crippen LogP contribution in [0.3, 0.4) is 0 Å². The Morgan fingerprint density at radius 3 is 1.20 bits per heavy atom. The van der Waals surface area contributed by atoms with Crippen LogP contribution in [-0.4, -0.2) is 28.7 Å². The molecule has 0 aliphatic carbocycles. The molecule has 14 aromatic rings. The highest BCUT2D eigenvalue weighted by molar-refractivity contribution is 6.25. The summed E-state index contributed by atoms with van der Waals surface area (Å²) < 4.78 is 7.24. The second kappa shape index (κ2) is 15.6. The fraction of sp³-hybridized carbons (Fsp3) is 0. The molecule has 0 radical (unpaired) electrons. The van der Waals surface area contributed by atoms with Crippen LogP contribution < -0.4 is 0 Å². The van der Waals surface area contributed by atoms with Gasteiger partial charge in [0.25, 0.3) is 0 Å². The van der Waals surface area contributed by atoms with Crippen LogP contribution in [-0.2, 0) is 0 Å². The standard InChI is InChI=1S/C63H40N6/c1-5-19-41(20-6-1)42-33-35-43(36-34-42)46-39-53-50-29-15-16-30-54(50)67(47-25-11-4-12-26-47)58(53)57(40-46)68-55-31-17-13-27-48(55)51-37-38-52-49-28-14-18-32-56(49)69(60(52)59(51)68)63-65-61(44-21-7-2-8-22-44)64-62(66-63)45-23-9-3-10-24-45/h1-40H. The summed E-state index contributed by atoms with van der Waals surface area (Å²) in [5.41, 5.74) is 15.1. The van der Waals surface area contributed by atoms with Gasteiger partial charge in [0.05, 0.1) is 38.8 Å². The molecule has 0 atom stereocenters. The van der Waals surface area contributed by atoms with Gasteiger partial charge in [0.1, 0.15) is 0 Å². The van der Waals surface area contributed by atoms with Crippen molar-refractivity contribution >= 4 is 65.4 Å². The topological polar surface area (TPSA) is 53.5 Å². The molecular weight excluding hydrogens is 841 g/mol. The number of para-hydroxylation sites is 4. The number of aromatic nitrogens is 6. The molecule has 0 saturated heterocycles. The van der Waals surface area contributed by atoms with Crippen molar-refractivity contribution in [2.24, 2.45) is 0 Å². The SMILES string of the molecule is c1ccc(-c2ccc(-c3cc(-n4c5ccccc5c5ccc6c7ccccc7n(-c7nc(-c8ccccc8)nc(-c8ccccc8)n7)c6c54)c4c(c3)c3ccccc3n4-c3ccccc3)cc2)cc1. The maximum atomic E-state index is 5.38. The lowest BCUT2D eigenvalue weighted by atomic mass is 9.98. The fourth-order valence-electron chi connectivity index (χ4n) is 10.6. The maximum absolute atomic E-state index is 5.38. The Hall–Kier alpha value is -9.39. The molecule has 69 heavy (non-hydrogen) atoms. The van der Waals surface area contributed by atoms with Crippen LogP contribution in [0, 0.1) is 0 Å². The zero-order chi connectivity index (χ0) is 45.4. The molecule has 0 amide bonds. The van der Waals surface area contributed by atoms with Gasteiger partial charge in [0, 0.05) is 49.1 Å². The fourth-order valence-corrected chi connectivity index (χ4v) is 10.6. The Labute approximate surface area is 397 Å². The first-order chi connectivity index (χ1) is 34.2. The zero-order valence-corrected chi connectivity index (χ0v) is 37.3. The van der Waals surface area contributed by atoms with E-state index in [1.807, 2.05) is 36.4 Å². The van der Waals surface area contributed by atoms with Crippen LogP contribution >= 0.6 is 0 Å². The Morgan fingerprint density at radius 1 is 0.246 bits per heavy atom. The number of hydrogen-bond acceptors (Lipinski definition) is 3. The van der Waals surface area contributed by atoms with E-state index in [4.69, 9.17) is 15.0 Å². The monoisotopic (exact) mass is 880 g/mol. The van der Waals surface area contributed by atoms with E-state index in [9.17, 15) is 0 Å². The highest BCUT2D eigenvalue weighted by Crippen LogP contribution is 2.45. The summed E-state index contributed by atoms with van der Waals surface area (Å²) in [7, 11) is 0. The van der Waals surface area contributed by atoms with E-state index in [-0.39, 0.29) is 0 Å². The molecule has 0 fully saturated rings. The number of benzene rings is 10. The average molecular weight is 881 g/mol. The molecule has 0 N–H and O–H groups in total. The predicted molar refractivity (Wildman–Crippen MR) is 285 cm³/mol. The molecule has 4 heterocycles. The van der Waals surface area contributed by atoms with Gasteiger partial charge in [-0.3, -0.25) is 4.57 Å². The third-order valence-electron chi connectivity index (χ3n) is 13.7. The lowest BCUT2D eigenvalue weighted by Gasteiger charge is -2.17. The molecule has 0 saturated carbocycles. The average Bonchev–Trinajstić information content (AvgIpc) is 4.08. The van der Waals surface area contributed by atoms with Crippen molar-refractivity contribution < 1.29 is 0 Å². The summed E-state index contributed by atoms with van der Waals surface area (Å²) in [6.45, 7) is 0. The van der Waals surface area contributed by atoms with Crippen molar-refractivity contribution in [3.63, 3.8) is 0 Å². The molecule has 4 aromatic heterocycles. The molecule has 10 aromatic carbocycles. The van der Waals surface area contributed by atoms with Gasteiger partial charge in [-0.2, -0.15) is 9.97 Å². The van der Waals surface area contributed by atoms with Gasteiger partial charge in [-0.25, -0.2) is 4.98 Å². The van der Waals surface area contributed by atoms with Crippen molar-refractivity contribution in [2.75, 3.05) is 0 Å². The van der Waals surface area contributed by atoms with E-state index < -0.39 is 0 Å². The van der Waals surface area contributed by atoms with Crippen LogP contribution in [0.5, 0.6) is 0 Å². The third-order valence-corrected chi connectivity index (χ3v) is 13.7. The van der Waals surface area contributed by atoms with Crippen molar-refractivity contribution in [1.82, 2.24) is 28.7 Å². The van der Waals surface area contributed by atoms with Crippen LogP contribution in [0.1, 0.15) is 0 Å². The van der Waals surface area contributed by atoms with E-state index in [2.05, 4.69) is 220 Å². The van der Waals surface area contributed by atoms with E-state index >= 15 is 0 Å². The van der Waals surface area contributed by atoms with Crippen molar-refractivity contribution in [1.29, 1.82) is 0 Å². The second-order valence-corrected chi connectivity index (χ2v) is 17.6. The van der Waals surface area contributed by atoms with Gasteiger partial charge in [0.2, 0.25) is 5.95 Å². The van der Waals surface area contributed by atoms with Crippen molar-refractivity contribution in [2.45, 2.75) is 0 Å². The lowest BCUT2D eigenvalue weighted by Crippen LogP contribution is -2.07. The van der Waals surface area contributed by atoms with E-state index in [1.165, 1.54) is 21.9 Å². The normalized spacial score (nSPS) is 11.8. The first-order valence-corrected chi connectivity index (χ1v) is 23.4. The minimum absolute atomic E-state index is 0.550. The summed E-state index contributed by atoms with van der Waals surface area (Å²) in [5.74, 6) is 1.77. The van der Waals surface area contributed by atoms with Gasteiger partial charge in [0.15, 0.2) is 11.6 Å². The molecule has 6 nitrogen and oxygen atoms in total. The van der Waals surface area contributed by atoms with Crippen molar-refractivity contribution in [3.8, 4) is 62.4 Å². The van der Waals surface area contributed by atoms with Gasteiger partial charge in [-0.05, 0) is 64.7 Å². The van der Waals surface area contributed by atoms with Gasteiger partial charge < -0.3 is 9.13 Å². The van der Waals surface area contributed by atoms with Crippen LogP contribution in [0.15, 0.2) is 243 Å². The lowest BCUT2D eigenvalue weighted by molar-refractivity contribution is 0.953. The molecule has 0 bridgehead atoms. The third kappa shape index (κ3) is 6.16. The largest absolute Gasteiger partial charge is 0.307 e. The zero-order valence-electron chi connectivity index (χ0n) is 37.3. The van der Waals surface area contributed by atoms with Crippen LogP contribution in [0.2, 0.25) is 0 Å². The Balaban J connectivity index is 1.15. The summed E-state index contributed by atoms with van der Waals surface area (Å²) >= 11 is 0. The molecule has 0 aliphatic rings. The van der Waals surface area contributed by atoms with E-state index in [1.54, 1.807) is 0 Å².